The van der Waals surface area contributed by atoms with Crippen LogP contribution >= 0.6 is 23.1 Å². The standard InChI is InChI=1S/C24H25N3OS2/c1-3-16-13-17(24(30-16)29-4-2)21-18(14-25)23(26)27(15-9-6-5-7-10-15)19-11-8-12-20(28)22(19)21/h5-7,9-10,13,21H,3-4,8,11-12,26H2,1-2H3. The van der Waals surface area contributed by atoms with Gasteiger partial charge in [0, 0.05) is 28.3 Å². The average Bonchev–Trinajstić information content (AvgIpc) is 3.16. The number of Topliss-reactive ketones (excluding diaryl/α,β-unsaturated/α-hetero) is 1. The van der Waals surface area contributed by atoms with Crippen LogP contribution in [0.5, 0.6) is 0 Å². The molecule has 1 aromatic carbocycles. The molecule has 2 aromatic rings. The van der Waals surface area contributed by atoms with Crippen LogP contribution < -0.4 is 10.6 Å². The minimum absolute atomic E-state index is 0.138. The van der Waals surface area contributed by atoms with E-state index in [4.69, 9.17) is 5.73 Å². The van der Waals surface area contributed by atoms with E-state index >= 15 is 0 Å². The predicted molar refractivity (Wildman–Crippen MR) is 124 cm³/mol. The fourth-order valence-corrected chi connectivity index (χ4v) is 6.71. The van der Waals surface area contributed by atoms with Crippen LogP contribution in [-0.2, 0) is 11.2 Å². The molecule has 6 heteroatoms. The Morgan fingerprint density at radius 1 is 1.27 bits per heavy atom. The Balaban J connectivity index is 1.97. The molecule has 1 atom stereocenters. The molecule has 0 spiro atoms. The van der Waals surface area contributed by atoms with Gasteiger partial charge in [-0.1, -0.05) is 32.0 Å². The molecule has 1 aliphatic carbocycles. The Kier molecular flexibility index (Phi) is 6.03. The Bertz CT molecular complexity index is 1080. The van der Waals surface area contributed by atoms with Crippen molar-refractivity contribution in [1.82, 2.24) is 0 Å². The number of nitrogens with zero attached hydrogens (tertiary/aromatic N) is 2. The van der Waals surface area contributed by atoms with Crippen molar-refractivity contribution in [2.75, 3.05) is 10.7 Å². The maximum atomic E-state index is 13.2. The molecule has 1 unspecified atom stereocenters. The number of hydrogen-bond acceptors (Lipinski definition) is 6. The molecule has 0 saturated heterocycles. The number of benzene rings is 1. The number of thioether (sulfide) groups is 1. The summed E-state index contributed by atoms with van der Waals surface area (Å²) >= 11 is 3.55. The molecule has 0 saturated carbocycles. The highest BCUT2D eigenvalue weighted by Crippen LogP contribution is 2.49. The van der Waals surface area contributed by atoms with Crippen LogP contribution in [0, 0.1) is 11.3 Å². The smallest absolute Gasteiger partial charge is 0.161 e. The molecule has 154 valence electrons. The Labute approximate surface area is 186 Å². The molecular weight excluding hydrogens is 410 g/mol. The van der Waals surface area contributed by atoms with E-state index in [0.29, 0.717) is 17.8 Å². The zero-order chi connectivity index (χ0) is 21.3. The molecule has 0 bridgehead atoms. The van der Waals surface area contributed by atoms with E-state index in [1.807, 2.05) is 35.2 Å². The van der Waals surface area contributed by atoms with Gasteiger partial charge in [-0.15, -0.1) is 23.1 Å². The van der Waals surface area contributed by atoms with Gasteiger partial charge in [0.1, 0.15) is 5.82 Å². The fraction of sp³-hybridized carbons (Fsp3) is 0.333. The number of aryl methyl sites for hydroxylation is 1. The van der Waals surface area contributed by atoms with Gasteiger partial charge in [-0.3, -0.25) is 9.69 Å². The first-order valence-electron chi connectivity index (χ1n) is 10.4. The van der Waals surface area contributed by atoms with Crippen molar-refractivity contribution in [3.63, 3.8) is 0 Å². The minimum Gasteiger partial charge on any atom is -0.384 e. The second-order valence-electron chi connectivity index (χ2n) is 7.39. The molecule has 1 aromatic heterocycles. The molecule has 1 aliphatic heterocycles. The fourth-order valence-electron chi connectivity index (χ4n) is 4.33. The van der Waals surface area contributed by atoms with Gasteiger partial charge in [0.15, 0.2) is 5.78 Å². The largest absolute Gasteiger partial charge is 0.384 e. The van der Waals surface area contributed by atoms with Crippen LogP contribution in [0.2, 0.25) is 0 Å². The van der Waals surface area contributed by atoms with E-state index < -0.39 is 0 Å². The monoisotopic (exact) mass is 435 g/mol. The Morgan fingerprint density at radius 2 is 2.03 bits per heavy atom. The Morgan fingerprint density at radius 3 is 2.70 bits per heavy atom. The maximum absolute atomic E-state index is 13.2. The van der Waals surface area contributed by atoms with Crippen molar-refractivity contribution in [3.05, 3.63) is 69.5 Å². The first-order valence-corrected chi connectivity index (χ1v) is 12.2. The van der Waals surface area contributed by atoms with Gasteiger partial charge in [0.25, 0.3) is 0 Å². The summed E-state index contributed by atoms with van der Waals surface area (Å²) in [7, 11) is 0. The van der Waals surface area contributed by atoms with Crippen LogP contribution in [0.1, 0.15) is 49.5 Å². The highest BCUT2D eigenvalue weighted by atomic mass is 32.2. The molecule has 4 rings (SSSR count). The molecule has 2 heterocycles. The summed E-state index contributed by atoms with van der Waals surface area (Å²) < 4.78 is 1.19. The van der Waals surface area contributed by atoms with Crippen LogP contribution in [0.4, 0.5) is 5.69 Å². The maximum Gasteiger partial charge on any atom is 0.161 e. The molecule has 0 radical (unpaired) electrons. The minimum atomic E-state index is -0.372. The Hall–Kier alpha value is -2.49. The topological polar surface area (TPSA) is 70.1 Å². The number of nitriles is 1. The quantitative estimate of drug-likeness (QED) is 0.608. The lowest BCUT2D eigenvalue weighted by Crippen LogP contribution is -2.38. The second kappa shape index (κ2) is 8.71. The van der Waals surface area contributed by atoms with Crippen molar-refractivity contribution < 1.29 is 4.79 Å². The summed E-state index contributed by atoms with van der Waals surface area (Å²) in [5.41, 5.74) is 10.8. The van der Waals surface area contributed by atoms with Crippen molar-refractivity contribution in [2.45, 2.75) is 49.7 Å². The number of allylic oxidation sites excluding steroid dienone is 3. The number of carbonyl (C=O) groups excluding carboxylic acids is 1. The second-order valence-corrected chi connectivity index (χ2v) is 10.1. The number of hydrogen-bond donors (Lipinski definition) is 1. The lowest BCUT2D eigenvalue weighted by Gasteiger charge is -2.39. The van der Waals surface area contributed by atoms with E-state index in [1.54, 1.807) is 23.1 Å². The normalized spacial score (nSPS) is 19.2. The van der Waals surface area contributed by atoms with E-state index in [1.165, 1.54) is 9.09 Å². The summed E-state index contributed by atoms with van der Waals surface area (Å²) in [6.07, 6.45) is 3.06. The van der Waals surface area contributed by atoms with Crippen molar-refractivity contribution in [3.8, 4) is 6.07 Å². The molecule has 0 fully saturated rings. The van der Waals surface area contributed by atoms with Crippen LogP contribution in [0.25, 0.3) is 0 Å². The van der Waals surface area contributed by atoms with E-state index in [2.05, 4.69) is 26.0 Å². The van der Waals surface area contributed by atoms with E-state index in [9.17, 15) is 10.1 Å². The number of para-hydroxylation sites is 1. The summed E-state index contributed by atoms with van der Waals surface area (Å²) in [6, 6.07) is 14.4. The van der Waals surface area contributed by atoms with E-state index in [0.717, 1.165) is 47.5 Å². The van der Waals surface area contributed by atoms with E-state index in [-0.39, 0.29) is 11.7 Å². The summed E-state index contributed by atoms with van der Waals surface area (Å²) in [4.78, 5) is 16.4. The number of thiophene rings is 1. The van der Waals surface area contributed by atoms with Crippen LogP contribution in [-0.4, -0.2) is 11.5 Å². The van der Waals surface area contributed by atoms with Crippen molar-refractivity contribution in [1.29, 1.82) is 5.26 Å². The first-order chi connectivity index (χ1) is 14.6. The van der Waals surface area contributed by atoms with Gasteiger partial charge in [-0.2, -0.15) is 5.26 Å². The highest BCUT2D eigenvalue weighted by Gasteiger charge is 2.41. The SMILES string of the molecule is CCSc1sc(CC)cc1C1C(C#N)=C(N)N(c2ccccc2)C2=C1C(=O)CCC2. The van der Waals surface area contributed by atoms with Gasteiger partial charge >= 0.3 is 0 Å². The third kappa shape index (κ3) is 3.46. The van der Waals surface area contributed by atoms with Crippen LogP contribution in [0.15, 0.2) is 63.3 Å². The molecule has 2 N–H and O–H groups in total. The number of rotatable bonds is 5. The zero-order valence-corrected chi connectivity index (χ0v) is 18.9. The van der Waals surface area contributed by atoms with Crippen molar-refractivity contribution in [2.24, 2.45) is 5.73 Å². The van der Waals surface area contributed by atoms with Crippen molar-refractivity contribution >= 4 is 34.6 Å². The van der Waals surface area contributed by atoms with Gasteiger partial charge in [0.2, 0.25) is 0 Å². The average molecular weight is 436 g/mol. The van der Waals surface area contributed by atoms with Gasteiger partial charge < -0.3 is 5.73 Å². The third-order valence-corrected chi connectivity index (χ3v) is 8.12. The highest BCUT2D eigenvalue weighted by molar-refractivity contribution is 8.01. The number of anilines is 1. The molecule has 0 amide bonds. The molecule has 4 nitrogen and oxygen atoms in total. The van der Waals surface area contributed by atoms with Crippen LogP contribution in [0.3, 0.4) is 0 Å². The zero-order valence-electron chi connectivity index (χ0n) is 17.3. The van der Waals surface area contributed by atoms with Gasteiger partial charge in [-0.25, -0.2) is 0 Å². The molecule has 30 heavy (non-hydrogen) atoms. The molecule has 2 aliphatic rings. The first kappa shape index (κ1) is 20.8. The summed E-state index contributed by atoms with van der Waals surface area (Å²) in [5, 5.41) is 10.2. The van der Waals surface area contributed by atoms with Gasteiger partial charge in [0.05, 0.1) is 21.8 Å². The lowest BCUT2D eigenvalue weighted by atomic mass is 9.76. The lowest BCUT2D eigenvalue weighted by molar-refractivity contribution is -0.116. The number of nitrogens with two attached hydrogens (primary N) is 1. The number of ketones is 1. The van der Waals surface area contributed by atoms with Gasteiger partial charge in [-0.05, 0) is 48.8 Å². The third-order valence-electron chi connectivity index (χ3n) is 5.64. The predicted octanol–water partition coefficient (Wildman–Crippen LogP) is 5.73. The summed E-state index contributed by atoms with van der Waals surface area (Å²) in [5.74, 6) is 1.15. The molecular formula is C24H25N3OS2. The summed E-state index contributed by atoms with van der Waals surface area (Å²) in [6.45, 7) is 4.27. The number of carbonyl (C=O) groups is 1.